The first kappa shape index (κ1) is 12.5. The van der Waals surface area contributed by atoms with Crippen molar-refractivity contribution in [3.63, 3.8) is 0 Å². The zero-order valence-electron chi connectivity index (χ0n) is 9.73. The lowest BCUT2D eigenvalue weighted by Crippen LogP contribution is -2.14. The van der Waals surface area contributed by atoms with Gasteiger partial charge in [-0.3, -0.25) is 4.98 Å². The maximum atomic E-state index is 6.17. The molecule has 2 N–H and O–H groups in total. The van der Waals surface area contributed by atoms with Crippen LogP contribution in [-0.2, 0) is 6.42 Å². The van der Waals surface area contributed by atoms with Gasteiger partial charge in [-0.15, -0.1) is 0 Å². The fraction of sp³-hybridized carbons (Fsp3) is 0.214. The summed E-state index contributed by atoms with van der Waals surface area (Å²) >= 11 is 2.29. The summed E-state index contributed by atoms with van der Waals surface area (Å²) in [5, 5.41) is 0. The SMILES string of the molecule is Cc1ccc(CC(N)c2ccc(I)cc2)nc1. The highest BCUT2D eigenvalue weighted by Gasteiger charge is 2.07. The van der Waals surface area contributed by atoms with E-state index in [0.29, 0.717) is 0 Å². The molecule has 1 atom stereocenters. The molecule has 0 radical (unpaired) electrons. The van der Waals surface area contributed by atoms with Crippen LogP contribution in [0.25, 0.3) is 0 Å². The van der Waals surface area contributed by atoms with Gasteiger partial charge in [0.25, 0.3) is 0 Å². The van der Waals surface area contributed by atoms with Gasteiger partial charge in [0, 0.05) is 27.9 Å². The first-order valence-corrected chi connectivity index (χ1v) is 6.65. The number of rotatable bonds is 3. The van der Waals surface area contributed by atoms with Crippen molar-refractivity contribution in [2.45, 2.75) is 19.4 Å². The number of hydrogen-bond acceptors (Lipinski definition) is 2. The molecule has 0 bridgehead atoms. The molecule has 0 aliphatic rings. The van der Waals surface area contributed by atoms with Crippen molar-refractivity contribution in [1.29, 1.82) is 0 Å². The Labute approximate surface area is 115 Å². The molecule has 88 valence electrons. The Kier molecular flexibility index (Phi) is 4.12. The maximum Gasteiger partial charge on any atom is 0.0422 e. The Bertz CT molecular complexity index is 477. The first-order valence-electron chi connectivity index (χ1n) is 5.58. The van der Waals surface area contributed by atoms with Crippen LogP contribution in [-0.4, -0.2) is 4.98 Å². The number of hydrogen-bond donors (Lipinski definition) is 1. The Balaban J connectivity index is 2.08. The van der Waals surface area contributed by atoms with Gasteiger partial charge in [-0.2, -0.15) is 0 Å². The summed E-state index contributed by atoms with van der Waals surface area (Å²) in [5.74, 6) is 0. The molecule has 0 fully saturated rings. The van der Waals surface area contributed by atoms with Crippen molar-refractivity contribution in [3.8, 4) is 0 Å². The second-order valence-corrected chi connectivity index (χ2v) is 5.43. The molecule has 1 unspecified atom stereocenters. The van der Waals surface area contributed by atoms with Gasteiger partial charge in [-0.1, -0.05) is 18.2 Å². The number of halogens is 1. The molecule has 1 aromatic carbocycles. The fourth-order valence-electron chi connectivity index (χ4n) is 1.67. The Morgan fingerprint density at radius 2 is 1.88 bits per heavy atom. The molecule has 0 aliphatic heterocycles. The average Bonchev–Trinajstić information content (AvgIpc) is 2.33. The van der Waals surface area contributed by atoms with E-state index >= 15 is 0 Å². The standard InChI is InChI=1S/C14H15IN2/c1-10-2-7-13(17-9-10)8-14(16)11-3-5-12(15)6-4-11/h2-7,9,14H,8,16H2,1H3. The van der Waals surface area contributed by atoms with Gasteiger partial charge in [0.15, 0.2) is 0 Å². The lowest BCUT2D eigenvalue weighted by Gasteiger charge is -2.11. The van der Waals surface area contributed by atoms with Crippen LogP contribution < -0.4 is 5.73 Å². The number of aromatic nitrogens is 1. The van der Waals surface area contributed by atoms with Crippen LogP contribution in [0.3, 0.4) is 0 Å². The minimum atomic E-state index is 0.0159. The largest absolute Gasteiger partial charge is 0.324 e. The molecule has 2 nitrogen and oxygen atoms in total. The van der Waals surface area contributed by atoms with Crippen LogP contribution in [0.15, 0.2) is 42.6 Å². The molecule has 0 aliphatic carbocycles. The van der Waals surface area contributed by atoms with Crippen molar-refractivity contribution < 1.29 is 0 Å². The number of benzene rings is 1. The zero-order chi connectivity index (χ0) is 12.3. The normalized spacial score (nSPS) is 12.4. The van der Waals surface area contributed by atoms with E-state index < -0.39 is 0 Å². The fourth-order valence-corrected chi connectivity index (χ4v) is 2.03. The third kappa shape index (κ3) is 3.51. The van der Waals surface area contributed by atoms with Gasteiger partial charge >= 0.3 is 0 Å². The minimum absolute atomic E-state index is 0.0159. The maximum absolute atomic E-state index is 6.17. The van der Waals surface area contributed by atoms with Gasteiger partial charge in [-0.05, 0) is 58.8 Å². The molecule has 0 spiro atoms. The molecule has 17 heavy (non-hydrogen) atoms. The molecule has 0 amide bonds. The Morgan fingerprint density at radius 3 is 2.47 bits per heavy atom. The van der Waals surface area contributed by atoms with Gasteiger partial charge < -0.3 is 5.73 Å². The van der Waals surface area contributed by atoms with Crippen LogP contribution in [0.5, 0.6) is 0 Å². The number of nitrogens with two attached hydrogens (primary N) is 1. The highest BCUT2D eigenvalue weighted by atomic mass is 127. The molecule has 2 rings (SSSR count). The van der Waals surface area contributed by atoms with Crippen LogP contribution in [0, 0.1) is 10.5 Å². The molecule has 0 saturated carbocycles. The monoisotopic (exact) mass is 338 g/mol. The predicted octanol–water partition coefficient (Wildman–Crippen LogP) is 3.24. The van der Waals surface area contributed by atoms with Crippen LogP contribution in [0.2, 0.25) is 0 Å². The molecule has 3 heteroatoms. The summed E-state index contributed by atoms with van der Waals surface area (Å²) in [5.41, 5.74) is 9.55. The molecule has 0 saturated heterocycles. The van der Waals surface area contributed by atoms with Crippen molar-refractivity contribution in [2.75, 3.05) is 0 Å². The van der Waals surface area contributed by atoms with Crippen molar-refractivity contribution >= 4 is 22.6 Å². The highest BCUT2D eigenvalue weighted by Crippen LogP contribution is 2.16. The molecular weight excluding hydrogens is 323 g/mol. The minimum Gasteiger partial charge on any atom is -0.324 e. The molecule has 2 aromatic rings. The third-order valence-corrected chi connectivity index (χ3v) is 3.42. The zero-order valence-corrected chi connectivity index (χ0v) is 11.9. The van der Waals surface area contributed by atoms with Gasteiger partial charge in [-0.25, -0.2) is 0 Å². The number of pyridine rings is 1. The quantitative estimate of drug-likeness (QED) is 0.873. The lowest BCUT2D eigenvalue weighted by molar-refractivity contribution is 0.706. The van der Waals surface area contributed by atoms with Gasteiger partial charge in [0.1, 0.15) is 0 Å². The first-order chi connectivity index (χ1) is 8.15. The smallest absolute Gasteiger partial charge is 0.0422 e. The summed E-state index contributed by atoms with van der Waals surface area (Å²) in [6.45, 7) is 2.04. The van der Waals surface area contributed by atoms with E-state index in [9.17, 15) is 0 Å². The highest BCUT2D eigenvalue weighted by molar-refractivity contribution is 14.1. The van der Waals surface area contributed by atoms with E-state index in [4.69, 9.17) is 5.73 Å². The molecular formula is C14H15IN2. The molecule has 1 aromatic heterocycles. The Hall–Kier alpha value is -0.940. The summed E-state index contributed by atoms with van der Waals surface area (Å²) in [4.78, 5) is 4.38. The van der Waals surface area contributed by atoms with Crippen molar-refractivity contribution in [3.05, 3.63) is 63.0 Å². The topological polar surface area (TPSA) is 38.9 Å². The van der Waals surface area contributed by atoms with E-state index in [1.54, 1.807) is 0 Å². The van der Waals surface area contributed by atoms with E-state index in [1.807, 2.05) is 19.2 Å². The number of nitrogens with zero attached hydrogens (tertiary/aromatic N) is 1. The van der Waals surface area contributed by atoms with Crippen LogP contribution in [0.1, 0.15) is 22.9 Å². The van der Waals surface area contributed by atoms with E-state index in [2.05, 4.69) is 57.9 Å². The van der Waals surface area contributed by atoms with Gasteiger partial charge in [0.2, 0.25) is 0 Å². The summed E-state index contributed by atoms with van der Waals surface area (Å²) in [6, 6.07) is 12.5. The summed E-state index contributed by atoms with van der Waals surface area (Å²) in [7, 11) is 0. The van der Waals surface area contributed by atoms with Crippen molar-refractivity contribution in [2.24, 2.45) is 5.73 Å². The second kappa shape index (κ2) is 5.60. The van der Waals surface area contributed by atoms with Crippen molar-refractivity contribution in [1.82, 2.24) is 4.98 Å². The Morgan fingerprint density at radius 1 is 1.18 bits per heavy atom. The third-order valence-electron chi connectivity index (χ3n) is 2.70. The number of aryl methyl sites for hydroxylation is 1. The van der Waals surface area contributed by atoms with E-state index in [0.717, 1.165) is 17.7 Å². The predicted molar refractivity (Wildman–Crippen MR) is 78.8 cm³/mol. The lowest BCUT2D eigenvalue weighted by atomic mass is 10.0. The molecule has 1 heterocycles. The van der Waals surface area contributed by atoms with E-state index in [-0.39, 0.29) is 6.04 Å². The van der Waals surface area contributed by atoms with Crippen LogP contribution in [0.4, 0.5) is 0 Å². The van der Waals surface area contributed by atoms with Gasteiger partial charge in [0.05, 0.1) is 0 Å². The summed E-state index contributed by atoms with van der Waals surface area (Å²) in [6.07, 6.45) is 2.66. The van der Waals surface area contributed by atoms with E-state index in [1.165, 1.54) is 9.13 Å². The average molecular weight is 338 g/mol. The second-order valence-electron chi connectivity index (χ2n) is 4.19. The van der Waals surface area contributed by atoms with Crippen LogP contribution >= 0.6 is 22.6 Å². The summed E-state index contributed by atoms with van der Waals surface area (Å²) < 4.78 is 1.23.